The lowest BCUT2D eigenvalue weighted by Crippen LogP contribution is -2.02. The van der Waals surface area contributed by atoms with E-state index in [0.29, 0.717) is 5.56 Å². The molecule has 13 heavy (non-hydrogen) atoms. The van der Waals surface area contributed by atoms with E-state index in [0.717, 1.165) is 10.6 Å². The van der Waals surface area contributed by atoms with Crippen molar-refractivity contribution in [1.29, 1.82) is 0 Å². The van der Waals surface area contributed by atoms with Gasteiger partial charge in [0.15, 0.2) is 0 Å². The first-order valence-corrected chi connectivity index (χ1v) is 5.00. The van der Waals surface area contributed by atoms with E-state index < -0.39 is 0 Å². The third-order valence-electron chi connectivity index (χ3n) is 1.64. The third-order valence-corrected chi connectivity index (χ3v) is 2.46. The van der Waals surface area contributed by atoms with E-state index in [9.17, 15) is 4.79 Å². The summed E-state index contributed by atoms with van der Waals surface area (Å²) in [4.78, 5) is 15.2. The number of nitrogens with zero attached hydrogens (tertiary/aromatic N) is 1. The predicted molar refractivity (Wildman–Crippen MR) is 52.1 cm³/mol. The fourth-order valence-electron chi connectivity index (χ4n) is 1.01. The summed E-state index contributed by atoms with van der Waals surface area (Å²) in [6, 6.07) is 1.78. The molecule has 0 saturated carbocycles. The number of aromatic nitrogens is 1. The van der Waals surface area contributed by atoms with Crippen molar-refractivity contribution in [1.82, 2.24) is 4.98 Å². The average Bonchev–Trinajstić information content (AvgIpc) is 2.16. The molecule has 0 bridgehead atoms. The number of ether oxygens (including phenoxy) is 1. The minimum Gasteiger partial charge on any atom is -0.465 e. The summed E-state index contributed by atoms with van der Waals surface area (Å²) in [5.41, 5.74) is 1.49. The standard InChI is InChI=1S/C9H11NO2S/c1-6-4-7(9(11)12-2)5-10-8(6)13-3/h4-5H,1-3H3. The summed E-state index contributed by atoms with van der Waals surface area (Å²) in [6.07, 6.45) is 3.48. The molecule has 0 saturated heterocycles. The van der Waals surface area contributed by atoms with E-state index in [1.807, 2.05) is 13.2 Å². The Morgan fingerprint density at radius 1 is 1.62 bits per heavy atom. The number of thioether (sulfide) groups is 1. The van der Waals surface area contributed by atoms with Gasteiger partial charge in [0.25, 0.3) is 0 Å². The molecule has 1 aromatic heterocycles. The molecule has 0 N–H and O–H groups in total. The van der Waals surface area contributed by atoms with Crippen LogP contribution in [-0.2, 0) is 4.74 Å². The third kappa shape index (κ3) is 2.21. The van der Waals surface area contributed by atoms with Crippen LogP contribution in [0, 0.1) is 6.92 Å². The molecule has 0 atom stereocenters. The highest BCUT2D eigenvalue weighted by Crippen LogP contribution is 2.17. The zero-order valence-electron chi connectivity index (χ0n) is 7.83. The van der Waals surface area contributed by atoms with Gasteiger partial charge in [-0.2, -0.15) is 0 Å². The van der Waals surface area contributed by atoms with Gasteiger partial charge < -0.3 is 4.74 Å². The van der Waals surface area contributed by atoms with Crippen molar-refractivity contribution in [3.8, 4) is 0 Å². The van der Waals surface area contributed by atoms with Crippen molar-refractivity contribution in [3.63, 3.8) is 0 Å². The molecule has 1 rings (SSSR count). The number of methoxy groups -OCH3 is 1. The Morgan fingerprint density at radius 2 is 2.31 bits per heavy atom. The van der Waals surface area contributed by atoms with Gasteiger partial charge >= 0.3 is 5.97 Å². The number of hydrogen-bond acceptors (Lipinski definition) is 4. The largest absolute Gasteiger partial charge is 0.465 e. The number of aryl methyl sites for hydroxylation is 1. The molecule has 1 heterocycles. The minimum atomic E-state index is -0.344. The molecule has 0 fully saturated rings. The van der Waals surface area contributed by atoms with Crippen LogP contribution in [0.4, 0.5) is 0 Å². The van der Waals surface area contributed by atoms with Crippen LogP contribution in [0.2, 0.25) is 0 Å². The van der Waals surface area contributed by atoms with Crippen LogP contribution in [0.1, 0.15) is 15.9 Å². The molecule has 0 aliphatic heterocycles. The lowest BCUT2D eigenvalue weighted by molar-refractivity contribution is 0.0600. The number of esters is 1. The fraction of sp³-hybridized carbons (Fsp3) is 0.333. The van der Waals surface area contributed by atoms with Gasteiger partial charge in [-0.15, -0.1) is 11.8 Å². The molecule has 0 spiro atoms. The topological polar surface area (TPSA) is 39.2 Å². The van der Waals surface area contributed by atoms with Crippen LogP contribution in [0.25, 0.3) is 0 Å². The van der Waals surface area contributed by atoms with Gasteiger partial charge in [-0.1, -0.05) is 0 Å². The highest BCUT2D eigenvalue weighted by Gasteiger charge is 2.07. The number of hydrogen-bond donors (Lipinski definition) is 0. The normalized spacial score (nSPS) is 9.77. The maximum Gasteiger partial charge on any atom is 0.339 e. The Morgan fingerprint density at radius 3 is 2.77 bits per heavy atom. The average molecular weight is 197 g/mol. The maximum absolute atomic E-state index is 11.1. The van der Waals surface area contributed by atoms with Gasteiger partial charge in [0.1, 0.15) is 0 Å². The number of pyridine rings is 1. The highest BCUT2D eigenvalue weighted by atomic mass is 32.2. The minimum absolute atomic E-state index is 0.344. The van der Waals surface area contributed by atoms with E-state index >= 15 is 0 Å². The van der Waals surface area contributed by atoms with Gasteiger partial charge in [-0.25, -0.2) is 9.78 Å². The number of rotatable bonds is 2. The lowest BCUT2D eigenvalue weighted by Gasteiger charge is -2.03. The van der Waals surface area contributed by atoms with Crippen LogP contribution in [0.15, 0.2) is 17.3 Å². The quantitative estimate of drug-likeness (QED) is 0.536. The van der Waals surface area contributed by atoms with Gasteiger partial charge in [0, 0.05) is 6.20 Å². The predicted octanol–water partition coefficient (Wildman–Crippen LogP) is 1.90. The number of carbonyl (C=O) groups is 1. The summed E-state index contributed by atoms with van der Waals surface area (Å²) >= 11 is 1.56. The zero-order chi connectivity index (χ0) is 9.84. The molecule has 0 radical (unpaired) electrons. The summed E-state index contributed by atoms with van der Waals surface area (Å²) < 4.78 is 4.58. The van der Waals surface area contributed by atoms with E-state index in [2.05, 4.69) is 9.72 Å². The zero-order valence-corrected chi connectivity index (χ0v) is 8.64. The van der Waals surface area contributed by atoms with E-state index in [4.69, 9.17) is 0 Å². The molecule has 4 heteroatoms. The Hall–Kier alpha value is -1.03. The highest BCUT2D eigenvalue weighted by molar-refractivity contribution is 7.98. The van der Waals surface area contributed by atoms with Crippen LogP contribution in [0.3, 0.4) is 0 Å². The summed E-state index contributed by atoms with van der Waals surface area (Å²) in [5.74, 6) is -0.344. The van der Waals surface area contributed by atoms with Crippen LogP contribution in [0.5, 0.6) is 0 Å². The maximum atomic E-state index is 11.1. The second-order valence-electron chi connectivity index (χ2n) is 2.54. The molecule has 0 amide bonds. The molecule has 70 valence electrons. The van der Waals surface area contributed by atoms with Crippen molar-refractivity contribution in [3.05, 3.63) is 23.4 Å². The Balaban J connectivity index is 3.02. The molecule has 0 aliphatic carbocycles. The molecule has 1 aromatic rings. The first kappa shape index (κ1) is 10.1. The monoisotopic (exact) mass is 197 g/mol. The Bertz CT molecular complexity index is 325. The van der Waals surface area contributed by atoms with E-state index in [-0.39, 0.29) is 5.97 Å². The van der Waals surface area contributed by atoms with Crippen LogP contribution < -0.4 is 0 Å². The van der Waals surface area contributed by atoms with Crippen molar-refractivity contribution in [2.24, 2.45) is 0 Å². The SMILES string of the molecule is COC(=O)c1cnc(SC)c(C)c1. The molecule has 0 unspecified atom stereocenters. The van der Waals surface area contributed by atoms with Crippen molar-refractivity contribution >= 4 is 17.7 Å². The van der Waals surface area contributed by atoms with Crippen LogP contribution in [-0.4, -0.2) is 24.3 Å². The van der Waals surface area contributed by atoms with Gasteiger partial charge in [0.05, 0.1) is 17.7 Å². The Kier molecular flexibility index (Phi) is 3.31. The molecule has 0 aliphatic rings. The van der Waals surface area contributed by atoms with Gasteiger partial charge in [-0.3, -0.25) is 0 Å². The van der Waals surface area contributed by atoms with Gasteiger partial charge in [0.2, 0.25) is 0 Å². The summed E-state index contributed by atoms with van der Waals surface area (Å²) in [6.45, 7) is 1.92. The molecule has 3 nitrogen and oxygen atoms in total. The summed E-state index contributed by atoms with van der Waals surface area (Å²) in [7, 11) is 1.36. The first-order chi connectivity index (χ1) is 6.19. The lowest BCUT2D eigenvalue weighted by atomic mass is 10.2. The second-order valence-corrected chi connectivity index (χ2v) is 3.34. The van der Waals surface area contributed by atoms with Crippen LogP contribution >= 0.6 is 11.8 Å². The van der Waals surface area contributed by atoms with Crippen molar-refractivity contribution in [2.45, 2.75) is 11.9 Å². The van der Waals surface area contributed by atoms with E-state index in [1.54, 1.807) is 17.8 Å². The molecular weight excluding hydrogens is 186 g/mol. The fourth-order valence-corrected chi connectivity index (χ4v) is 1.54. The van der Waals surface area contributed by atoms with Gasteiger partial charge in [-0.05, 0) is 24.8 Å². The number of carbonyl (C=O) groups excluding carboxylic acids is 1. The smallest absolute Gasteiger partial charge is 0.339 e. The molecule has 0 aromatic carbocycles. The second kappa shape index (κ2) is 4.28. The first-order valence-electron chi connectivity index (χ1n) is 3.78. The van der Waals surface area contributed by atoms with Crippen molar-refractivity contribution in [2.75, 3.05) is 13.4 Å². The molecular formula is C9H11NO2S. The van der Waals surface area contributed by atoms with E-state index in [1.165, 1.54) is 13.3 Å². The Labute approximate surface area is 81.5 Å². The summed E-state index contributed by atoms with van der Waals surface area (Å²) in [5, 5.41) is 0.938. The van der Waals surface area contributed by atoms with Crippen molar-refractivity contribution < 1.29 is 9.53 Å².